The normalized spacial score (nSPS) is 23.6. The van der Waals surface area contributed by atoms with Gasteiger partial charge in [0.25, 0.3) is 0 Å². The topological polar surface area (TPSA) is 112 Å². The molecule has 0 bridgehead atoms. The molecule has 0 radical (unpaired) electrons. The smallest absolute Gasteiger partial charge is 0.320 e. The van der Waals surface area contributed by atoms with Crippen molar-refractivity contribution < 1.29 is 9.90 Å². The summed E-state index contributed by atoms with van der Waals surface area (Å²) in [5, 5.41) is 15.6. The first-order valence-corrected chi connectivity index (χ1v) is 3.59. The summed E-state index contributed by atoms with van der Waals surface area (Å²) in [7, 11) is 0. The molecule has 0 aromatic heterocycles. The summed E-state index contributed by atoms with van der Waals surface area (Å²) in [5.41, 5.74) is 10.4. The molecule has 1 unspecified atom stereocenters. The zero-order chi connectivity index (χ0) is 8.97. The lowest BCUT2D eigenvalue weighted by Gasteiger charge is -2.07. The average molecular weight is 173 g/mol. The maximum atomic E-state index is 10.3. The number of hydrazine groups is 1. The van der Waals surface area contributed by atoms with Gasteiger partial charge < -0.3 is 10.8 Å². The van der Waals surface area contributed by atoms with Gasteiger partial charge in [0.15, 0.2) is 0 Å². The fraction of sp³-hybridized carbons (Fsp3) is 0.800. The average Bonchev–Trinajstić information content (AvgIpc) is 2.51. The molecule has 0 saturated carbocycles. The number of hydrogen-bond donors (Lipinski definition) is 4. The van der Waals surface area contributed by atoms with Crippen LogP contribution in [-0.4, -0.2) is 23.3 Å². The van der Waals surface area contributed by atoms with Crippen molar-refractivity contribution in [1.29, 1.82) is 0 Å². The van der Waals surface area contributed by atoms with Crippen molar-refractivity contribution in [2.45, 2.75) is 25.0 Å². The Morgan fingerprint density at radius 1 is 1.75 bits per heavy atom. The third-order valence-electron chi connectivity index (χ3n) is 1.55. The van der Waals surface area contributed by atoms with Gasteiger partial charge >= 0.3 is 5.97 Å². The van der Waals surface area contributed by atoms with E-state index in [1.165, 1.54) is 0 Å². The van der Waals surface area contributed by atoms with Crippen LogP contribution in [0.25, 0.3) is 0 Å². The van der Waals surface area contributed by atoms with E-state index < -0.39 is 12.0 Å². The summed E-state index contributed by atoms with van der Waals surface area (Å²) in [6, 6.07) is -0.817. The van der Waals surface area contributed by atoms with Crippen molar-refractivity contribution in [1.82, 2.24) is 11.0 Å². The second-order valence-electron chi connectivity index (χ2n) is 2.51. The molecule has 12 heavy (non-hydrogen) atoms. The van der Waals surface area contributed by atoms with Crippen LogP contribution in [0.15, 0.2) is 10.3 Å². The third kappa shape index (κ3) is 2.44. The Hall–Kier alpha value is -1.21. The van der Waals surface area contributed by atoms with E-state index >= 15 is 0 Å². The lowest BCUT2D eigenvalue weighted by molar-refractivity contribution is -0.138. The minimum absolute atomic E-state index is 0.157. The number of carboxylic acid groups (broad SMARTS) is 1. The Labute approximate surface area is 69.0 Å². The van der Waals surface area contributed by atoms with Crippen LogP contribution in [0.3, 0.4) is 0 Å². The Morgan fingerprint density at radius 3 is 3.00 bits per heavy atom. The molecular weight excluding hydrogens is 162 g/mol. The molecule has 1 aliphatic rings. The first kappa shape index (κ1) is 8.88. The summed E-state index contributed by atoms with van der Waals surface area (Å²) in [6.45, 7) is 0. The molecule has 7 heteroatoms. The van der Waals surface area contributed by atoms with Gasteiger partial charge in [-0.3, -0.25) is 4.79 Å². The highest BCUT2D eigenvalue weighted by Crippen LogP contribution is 2.03. The molecule has 0 aromatic rings. The second-order valence-corrected chi connectivity index (χ2v) is 2.51. The van der Waals surface area contributed by atoms with Gasteiger partial charge in [0.2, 0.25) is 0 Å². The van der Waals surface area contributed by atoms with Crippen LogP contribution in [0, 0.1) is 0 Å². The van der Waals surface area contributed by atoms with Gasteiger partial charge in [-0.05, 0) is 12.8 Å². The van der Waals surface area contributed by atoms with Crippen LogP contribution in [0.1, 0.15) is 12.8 Å². The minimum Gasteiger partial charge on any atom is -0.480 e. The number of aliphatic carboxylic acids is 1. The molecule has 7 nitrogen and oxygen atoms in total. The lowest BCUT2D eigenvalue weighted by atomic mass is 10.1. The number of carbonyl (C=O) groups is 1. The van der Waals surface area contributed by atoms with Gasteiger partial charge in [-0.2, -0.15) is 5.43 Å². The van der Waals surface area contributed by atoms with Crippen molar-refractivity contribution >= 4 is 5.97 Å². The highest BCUT2D eigenvalue weighted by atomic mass is 16.4. The Bertz CT molecular complexity index is 192. The van der Waals surface area contributed by atoms with Gasteiger partial charge in [-0.1, -0.05) is 5.22 Å². The number of nitrogens with one attached hydrogen (secondary N) is 2. The van der Waals surface area contributed by atoms with Gasteiger partial charge in [-0.25, -0.2) is 5.53 Å². The molecule has 1 rings (SSSR count). The Morgan fingerprint density at radius 2 is 2.50 bits per heavy atom. The molecule has 2 atom stereocenters. The molecule has 0 fully saturated rings. The Balaban J connectivity index is 2.16. The first-order chi connectivity index (χ1) is 5.70. The SMILES string of the molecule is N[C@@H](CCC1N=NNN1)C(=O)O. The largest absolute Gasteiger partial charge is 0.480 e. The predicted octanol–water partition coefficient (Wildman–Crippen LogP) is -1.02. The minimum atomic E-state index is -0.988. The molecule has 0 aliphatic carbocycles. The monoisotopic (exact) mass is 173 g/mol. The van der Waals surface area contributed by atoms with E-state index in [0.717, 1.165) is 0 Å². The summed E-state index contributed by atoms with van der Waals surface area (Å²) in [6.07, 6.45) is 0.785. The lowest BCUT2D eigenvalue weighted by Crippen LogP contribution is -2.35. The fourth-order valence-corrected chi connectivity index (χ4v) is 0.822. The number of carboxylic acids is 1. The molecule has 1 heterocycles. The van der Waals surface area contributed by atoms with E-state index in [4.69, 9.17) is 10.8 Å². The van der Waals surface area contributed by atoms with Crippen molar-refractivity contribution in [2.75, 3.05) is 0 Å². The molecule has 1 aliphatic heterocycles. The highest BCUT2D eigenvalue weighted by molar-refractivity contribution is 5.72. The zero-order valence-corrected chi connectivity index (χ0v) is 6.40. The summed E-state index contributed by atoms with van der Waals surface area (Å²) in [5.74, 6) is -0.988. The molecule has 0 spiro atoms. The van der Waals surface area contributed by atoms with Crippen molar-refractivity contribution in [3.05, 3.63) is 0 Å². The molecule has 0 aromatic carbocycles. The van der Waals surface area contributed by atoms with Crippen LogP contribution in [-0.2, 0) is 4.79 Å². The Kier molecular flexibility index (Phi) is 2.94. The maximum Gasteiger partial charge on any atom is 0.320 e. The molecule has 5 N–H and O–H groups in total. The van der Waals surface area contributed by atoms with Crippen LogP contribution in [0.4, 0.5) is 0 Å². The van der Waals surface area contributed by atoms with Crippen LogP contribution < -0.4 is 16.7 Å². The van der Waals surface area contributed by atoms with Crippen molar-refractivity contribution in [2.24, 2.45) is 16.1 Å². The number of rotatable bonds is 4. The van der Waals surface area contributed by atoms with E-state index in [1.54, 1.807) is 0 Å². The van der Waals surface area contributed by atoms with Crippen LogP contribution in [0.5, 0.6) is 0 Å². The fourth-order valence-electron chi connectivity index (χ4n) is 0.822. The molecule has 0 amide bonds. The van der Waals surface area contributed by atoms with E-state index in [-0.39, 0.29) is 6.17 Å². The highest BCUT2D eigenvalue weighted by Gasteiger charge is 2.16. The first-order valence-electron chi connectivity index (χ1n) is 3.59. The number of nitrogens with two attached hydrogens (primary N) is 1. The zero-order valence-electron chi connectivity index (χ0n) is 6.40. The number of nitrogens with zero attached hydrogens (tertiary/aromatic N) is 2. The van der Waals surface area contributed by atoms with E-state index in [2.05, 4.69) is 21.3 Å². The van der Waals surface area contributed by atoms with Crippen molar-refractivity contribution in [3.8, 4) is 0 Å². The van der Waals surface area contributed by atoms with E-state index in [9.17, 15) is 4.79 Å². The summed E-state index contributed by atoms with van der Waals surface area (Å²) < 4.78 is 0. The standard InChI is InChI=1S/C5H11N5O2/c6-3(5(11)12)1-2-4-7-9-10-8-4/h3-4H,1-2,6H2,(H,7,10)(H,8,9)(H,11,12)/t3-/m0/s1. The maximum absolute atomic E-state index is 10.3. The van der Waals surface area contributed by atoms with E-state index in [1.807, 2.05) is 0 Å². The predicted molar refractivity (Wildman–Crippen MR) is 39.8 cm³/mol. The summed E-state index contributed by atoms with van der Waals surface area (Å²) >= 11 is 0. The van der Waals surface area contributed by atoms with Gasteiger partial charge in [0.05, 0.1) is 0 Å². The van der Waals surface area contributed by atoms with E-state index in [0.29, 0.717) is 12.8 Å². The number of hydrogen-bond acceptors (Lipinski definition) is 6. The quantitative estimate of drug-likeness (QED) is 0.434. The van der Waals surface area contributed by atoms with Gasteiger partial charge in [0, 0.05) is 0 Å². The van der Waals surface area contributed by atoms with Crippen LogP contribution in [0.2, 0.25) is 0 Å². The van der Waals surface area contributed by atoms with Crippen LogP contribution >= 0.6 is 0 Å². The molecule has 0 saturated heterocycles. The van der Waals surface area contributed by atoms with Crippen molar-refractivity contribution in [3.63, 3.8) is 0 Å². The van der Waals surface area contributed by atoms with Gasteiger partial charge in [-0.15, -0.1) is 5.11 Å². The van der Waals surface area contributed by atoms with Gasteiger partial charge in [0.1, 0.15) is 12.2 Å². The molecular formula is C5H11N5O2. The third-order valence-corrected chi connectivity index (χ3v) is 1.55. The molecule has 68 valence electrons. The second kappa shape index (κ2) is 3.98. The summed E-state index contributed by atoms with van der Waals surface area (Å²) in [4.78, 5) is 10.3.